The molecule has 0 aliphatic carbocycles. The van der Waals surface area contributed by atoms with Gasteiger partial charge >= 0.3 is 0 Å². The molecule has 1 aliphatic heterocycles. The van der Waals surface area contributed by atoms with E-state index in [4.69, 9.17) is 17.2 Å². The fourth-order valence-electron chi connectivity index (χ4n) is 2.74. The largest absolute Gasteiger partial charge is 0.363 e. The van der Waals surface area contributed by atoms with Crippen molar-refractivity contribution in [2.45, 2.75) is 32.1 Å². The molecular formula is C16H21N3S2. The van der Waals surface area contributed by atoms with Crippen LogP contribution >= 0.6 is 23.6 Å². The second-order valence-electron chi connectivity index (χ2n) is 5.51. The highest BCUT2D eigenvalue weighted by molar-refractivity contribution is 7.80. The molecule has 112 valence electrons. The van der Waals surface area contributed by atoms with Crippen molar-refractivity contribution >= 4 is 38.9 Å². The van der Waals surface area contributed by atoms with E-state index in [1.165, 1.54) is 9.71 Å². The number of rotatable bonds is 3. The van der Waals surface area contributed by atoms with Crippen LogP contribution < -0.4 is 5.32 Å². The Morgan fingerprint density at radius 3 is 2.86 bits per heavy atom. The maximum atomic E-state index is 5.45. The third-order valence-corrected chi connectivity index (χ3v) is 5.57. The average molecular weight is 319 g/mol. The fraction of sp³-hybridized carbons (Fsp3) is 0.500. The highest BCUT2D eigenvalue weighted by atomic mass is 32.1. The number of piperidine rings is 1. The van der Waals surface area contributed by atoms with Crippen molar-refractivity contribution in [2.75, 3.05) is 19.6 Å². The predicted octanol–water partition coefficient (Wildman–Crippen LogP) is 3.76. The van der Waals surface area contributed by atoms with Crippen molar-refractivity contribution in [2.24, 2.45) is 0 Å². The smallest absolute Gasteiger partial charge is 0.168 e. The molecule has 1 fully saturated rings. The van der Waals surface area contributed by atoms with Crippen LogP contribution in [-0.2, 0) is 0 Å². The monoisotopic (exact) mass is 319 g/mol. The van der Waals surface area contributed by atoms with E-state index in [1.807, 2.05) is 11.3 Å². The van der Waals surface area contributed by atoms with E-state index in [2.05, 4.69) is 41.4 Å². The van der Waals surface area contributed by atoms with E-state index >= 15 is 0 Å². The minimum Gasteiger partial charge on any atom is -0.363 e. The van der Waals surface area contributed by atoms with E-state index in [9.17, 15) is 0 Å². The lowest BCUT2D eigenvalue weighted by molar-refractivity contribution is 0.309. The molecule has 0 radical (unpaired) electrons. The second-order valence-corrected chi connectivity index (χ2v) is 6.96. The average Bonchev–Trinajstić information content (AvgIpc) is 2.96. The summed E-state index contributed by atoms with van der Waals surface area (Å²) < 4.78 is 1.30. The molecule has 5 heteroatoms. The first-order valence-corrected chi connectivity index (χ1v) is 8.88. The van der Waals surface area contributed by atoms with Gasteiger partial charge in [0, 0.05) is 25.6 Å². The maximum absolute atomic E-state index is 5.45. The van der Waals surface area contributed by atoms with Crippen LogP contribution in [0.25, 0.3) is 10.2 Å². The van der Waals surface area contributed by atoms with Gasteiger partial charge in [-0.3, -0.25) is 0 Å². The van der Waals surface area contributed by atoms with Crippen molar-refractivity contribution in [3.63, 3.8) is 0 Å². The summed E-state index contributed by atoms with van der Waals surface area (Å²) in [5.74, 6) is 0.590. The molecule has 3 rings (SSSR count). The van der Waals surface area contributed by atoms with Crippen LogP contribution in [0.2, 0.25) is 0 Å². The number of hydrogen-bond acceptors (Lipinski definition) is 3. The van der Waals surface area contributed by atoms with Crippen LogP contribution in [0.15, 0.2) is 24.3 Å². The molecular weight excluding hydrogens is 298 g/mol. The normalized spacial score (nSPS) is 16.3. The lowest BCUT2D eigenvalue weighted by Crippen LogP contribution is -2.44. The van der Waals surface area contributed by atoms with Gasteiger partial charge < -0.3 is 10.2 Å². The Kier molecular flexibility index (Phi) is 4.70. The van der Waals surface area contributed by atoms with Crippen molar-refractivity contribution in [1.82, 2.24) is 15.2 Å². The van der Waals surface area contributed by atoms with Gasteiger partial charge in [0.05, 0.1) is 15.2 Å². The molecule has 1 aromatic carbocycles. The van der Waals surface area contributed by atoms with Crippen LogP contribution in [0, 0.1) is 0 Å². The van der Waals surface area contributed by atoms with Gasteiger partial charge in [0.1, 0.15) is 0 Å². The summed E-state index contributed by atoms with van der Waals surface area (Å²) in [6.07, 6.45) is 3.41. The number of nitrogens with zero attached hydrogens (tertiary/aromatic N) is 2. The third kappa shape index (κ3) is 3.35. The zero-order valence-electron chi connectivity index (χ0n) is 12.3. The summed E-state index contributed by atoms with van der Waals surface area (Å²) in [7, 11) is 0. The zero-order chi connectivity index (χ0) is 14.7. The Morgan fingerprint density at radius 2 is 2.14 bits per heavy atom. The SMILES string of the molecule is CCCNC(=S)N1CCC(c2nc3ccccc3s2)CC1. The Balaban J connectivity index is 1.61. The van der Waals surface area contributed by atoms with Gasteiger partial charge in [0.15, 0.2) is 5.11 Å². The Bertz CT molecular complexity index is 582. The number of likely N-dealkylation sites (tertiary alicyclic amines) is 1. The topological polar surface area (TPSA) is 28.2 Å². The van der Waals surface area contributed by atoms with Gasteiger partial charge in [0.2, 0.25) is 0 Å². The fourth-order valence-corrected chi connectivity index (χ4v) is 4.16. The van der Waals surface area contributed by atoms with Crippen LogP contribution in [-0.4, -0.2) is 34.6 Å². The first-order chi connectivity index (χ1) is 10.3. The molecule has 1 N–H and O–H groups in total. The summed E-state index contributed by atoms with van der Waals surface area (Å²) in [4.78, 5) is 7.11. The van der Waals surface area contributed by atoms with Crippen molar-refractivity contribution in [3.05, 3.63) is 29.3 Å². The van der Waals surface area contributed by atoms with Gasteiger partial charge in [-0.25, -0.2) is 4.98 Å². The van der Waals surface area contributed by atoms with E-state index in [0.29, 0.717) is 5.92 Å². The van der Waals surface area contributed by atoms with E-state index in [-0.39, 0.29) is 0 Å². The minimum atomic E-state index is 0.590. The number of nitrogens with one attached hydrogen (secondary N) is 1. The summed E-state index contributed by atoms with van der Waals surface area (Å²) >= 11 is 7.30. The Hall–Kier alpha value is -1.20. The number of thiazole rings is 1. The molecule has 2 heterocycles. The lowest BCUT2D eigenvalue weighted by Gasteiger charge is -2.33. The molecule has 1 aromatic heterocycles. The van der Waals surface area contributed by atoms with Crippen molar-refractivity contribution in [3.8, 4) is 0 Å². The van der Waals surface area contributed by atoms with Gasteiger partial charge in [-0.15, -0.1) is 11.3 Å². The van der Waals surface area contributed by atoms with Crippen LogP contribution in [0.1, 0.15) is 37.1 Å². The molecule has 3 nitrogen and oxygen atoms in total. The molecule has 1 saturated heterocycles. The van der Waals surface area contributed by atoms with Gasteiger partial charge in [0.25, 0.3) is 0 Å². The van der Waals surface area contributed by atoms with Crippen LogP contribution in [0.5, 0.6) is 0 Å². The zero-order valence-corrected chi connectivity index (χ0v) is 14.0. The molecule has 1 aliphatic rings. The van der Waals surface area contributed by atoms with Gasteiger partial charge in [-0.05, 0) is 43.6 Å². The van der Waals surface area contributed by atoms with E-state index < -0.39 is 0 Å². The number of benzene rings is 1. The first kappa shape index (κ1) is 14.7. The number of para-hydroxylation sites is 1. The molecule has 0 saturated carbocycles. The first-order valence-electron chi connectivity index (χ1n) is 7.66. The van der Waals surface area contributed by atoms with Gasteiger partial charge in [-0.2, -0.15) is 0 Å². The van der Waals surface area contributed by atoms with Gasteiger partial charge in [-0.1, -0.05) is 19.1 Å². The van der Waals surface area contributed by atoms with E-state index in [0.717, 1.165) is 49.5 Å². The number of aromatic nitrogens is 1. The molecule has 0 atom stereocenters. The molecule has 0 bridgehead atoms. The summed E-state index contributed by atoms with van der Waals surface area (Å²) in [5.41, 5.74) is 1.14. The van der Waals surface area contributed by atoms with Crippen LogP contribution in [0.3, 0.4) is 0 Å². The second kappa shape index (κ2) is 6.71. The third-order valence-electron chi connectivity index (χ3n) is 3.97. The number of fused-ring (bicyclic) bond motifs is 1. The molecule has 0 amide bonds. The number of thiocarbonyl (C=S) groups is 1. The molecule has 0 unspecified atom stereocenters. The lowest BCUT2D eigenvalue weighted by atomic mass is 9.98. The standard InChI is InChI=1S/C16H21N3S2/c1-2-9-17-16(20)19-10-7-12(8-11-19)15-18-13-5-3-4-6-14(13)21-15/h3-6,12H,2,7-11H2,1H3,(H,17,20). The minimum absolute atomic E-state index is 0.590. The molecule has 21 heavy (non-hydrogen) atoms. The van der Waals surface area contributed by atoms with Crippen LogP contribution in [0.4, 0.5) is 0 Å². The summed E-state index contributed by atoms with van der Waals surface area (Å²) in [6.45, 7) is 5.21. The van der Waals surface area contributed by atoms with Crippen molar-refractivity contribution in [1.29, 1.82) is 0 Å². The predicted molar refractivity (Wildman–Crippen MR) is 94.1 cm³/mol. The van der Waals surface area contributed by atoms with E-state index in [1.54, 1.807) is 0 Å². The highest BCUT2D eigenvalue weighted by Crippen LogP contribution is 2.33. The quantitative estimate of drug-likeness (QED) is 0.872. The molecule has 0 spiro atoms. The summed E-state index contributed by atoms with van der Waals surface area (Å²) in [6, 6.07) is 8.42. The Morgan fingerprint density at radius 1 is 1.38 bits per heavy atom. The Labute approximate surface area is 135 Å². The molecule has 2 aromatic rings. The highest BCUT2D eigenvalue weighted by Gasteiger charge is 2.24. The van der Waals surface area contributed by atoms with Crippen molar-refractivity contribution < 1.29 is 0 Å². The maximum Gasteiger partial charge on any atom is 0.168 e. The summed E-state index contributed by atoms with van der Waals surface area (Å²) in [5, 5.41) is 5.53. The number of hydrogen-bond donors (Lipinski definition) is 1.